The number of carbonyl (C=O) groups is 1. The van der Waals surface area contributed by atoms with E-state index in [-0.39, 0.29) is 11.5 Å². The quantitative estimate of drug-likeness (QED) is 0.284. The molecule has 2 heterocycles. The molecule has 1 amide bonds. The van der Waals surface area contributed by atoms with E-state index >= 15 is 0 Å². The molecule has 33 heavy (non-hydrogen) atoms. The van der Waals surface area contributed by atoms with E-state index in [9.17, 15) is 9.59 Å². The van der Waals surface area contributed by atoms with Gasteiger partial charge >= 0.3 is 0 Å². The lowest BCUT2D eigenvalue weighted by molar-refractivity contribution is -0.119. The molecule has 0 saturated heterocycles. The lowest BCUT2D eigenvalue weighted by atomic mass is 10.0. The average Bonchev–Trinajstić information content (AvgIpc) is 3.18. The van der Waals surface area contributed by atoms with Crippen molar-refractivity contribution in [3.05, 3.63) is 79.1 Å². The monoisotopic (exact) mass is 543 g/mol. The van der Waals surface area contributed by atoms with Crippen LogP contribution in [0.3, 0.4) is 0 Å². The molecule has 1 N–H and O–H groups in total. The maximum absolute atomic E-state index is 13.7. The van der Waals surface area contributed by atoms with Gasteiger partial charge in [-0.15, -0.1) is 11.3 Å². The van der Waals surface area contributed by atoms with Crippen LogP contribution in [0.25, 0.3) is 21.3 Å². The zero-order valence-electron chi connectivity index (χ0n) is 18.5. The third-order valence-corrected chi connectivity index (χ3v) is 7.65. The van der Waals surface area contributed by atoms with E-state index in [4.69, 9.17) is 11.6 Å². The normalized spacial score (nSPS) is 12.2. The first-order valence-electron chi connectivity index (χ1n) is 10.7. The molecular weight excluding hydrogens is 522 g/mol. The average molecular weight is 545 g/mol. The second kappa shape index (κ2) is 9.79. The molecule has 1 atom stereocenters. The number of nitrogens with zero attached hydrogens (tertiary/aromatic N) is 2. The van der Waals surface area contributed by atoms with Crippen LogP contribution in [0.4, 0.5) is 5.69 Å². The summed E-state index contributed by atoms with van der Waals surface area (Å²) >= 11 is 11.1. The molecule has 0 fully saturated rings. The van der Waals surface area contributed by atoms with Crippen LogP contribution in [-0.2, 0) is 11.2 Å². The molecule has 0 spiro atoms. The van der Waals surface area contributed by atoms with Gasteiger partial charge in [0.2, 0.25) is 5.91 Å². The lowest BCUT2D eigenvalue weighted by Gasteiger charge is -2.18. The summed E-state index contributed by atoms with van der Waals surface area (Å²) in [4.78, 5) is 33.3. The zero-order chi connectivity index (χ0) is 23.7. The molecule has 2 aromatic carbocycles. The highest BCUT2D eigenvalue weighted by molar-refractivity contribution is 9.10. The van der Waals surface area contributed by atoms with Crippen molar-refractivity contribution in [1.29, 1.82) is 0 Å². The van der Waals surface area contributed by atoms with Gasteiger partial charge in [-0.1, -0.05) is 59.6 Å². The van der Waals surface area contributed by atoms with Crippen LogP contribution in [0.2, 0.25) is 5.02 Å². The van der Waals surface area contributed by atoms with E-state index in [1.807, 2.05) is 44.2 Å². The van der Waals surface area contributed by atoms with Crippen molar-refractivity contribution in [2.24, 2.45) is 0 Å². The van der Waals surface area contributed by atoms with E-state index in [0.717, 1.165) is 32.5 Å². The Morgan fingerprint density at radius 2 is 1.94 bits per heavy atom. The molecule has 2 aromatic heterocycles. The van der Waals surface area contributed by atoms with Crippen molar-refractivity contribution in [2.45, 2.75) is 39.7 Å². The number of amides is 1. The number of rotatable bonds is 6. The van der Waals surface area contributed by atoms with Crippen molar-refractivity contribution in [3.63, 3.8) is 0 Å². The Bertz CT molecular complexity index is 1400. The number of benzene rings is 2. The largest absolute Gasteiger partial charge is 0.324 e. The first-order valence-corrected chi connectivity index (χ1v) is 12.7. The van der Waals surface area contributed by atoms with Gasteiger partial charge in [-0.3, -0.25) is 14.2 Å². The van der Waals surface area contributed by atoms with Crippen LogP contribution < -0.4 is 10.9 Å². The second-order valence-corrected chi connectivity index (χ2v) is 10.2. The van der Waals surface area contributed by atoms with Gasteiger partial charge in [-0.2, -0.15) is 0 Å². The molecule has 0 bridgehead atoms. The number of anilines is 1. The molecule has 0 aliphatic rings. The molecule has 0 aliphatic heterocycles. The topological polar surface area (TPSA) is 64.0 Å². The third kappa shape index (κ3) is 4.63. The Balaban J connectivity index is 1.81. The summed E-state index contributed by atoms with van der Waals surface area (Å²) in [6.07, 6.45) is 2.72. The summed E-state index contributed by atoms with van der Waals surface area (Å²) in [6.45, 7) is 5.85. The van der Waals surface area contributed by atoms with E-state index in [2.05, 4.69) is 33.2 Å². The highest BCUT2D eigenvalue weighted by atomic mass is 79.9. The molecule has 4 rings (SSSR count). The number of carbonyl (C=O) groups excluding carboxylic acids is 1. The smallest absolute Gasteiger partial charge is 0.263 e. The highest BCUT2D eigenvalue weighted by Crippen LogP contribution is 2.37. The standard InChI is InChI=1S/C25H23BrClN3O2S/c1-4-19(23(31)29-18-12-17(27)11-6-14(18)3)30-13-28-24-22(25(30)32)21(20(5-2)33-24)15-7-9-16(26)10-8-15/h6-13,19H,4-5H2,1-3H3,(H,29,31). The fourth-order valence-corrected chi connectivity index (χ4v) is 5.42. The molecule has 0 aliphatic carbocycles. The van der Waals surface area contributed by atoms with Crippen molar-refractivity contribution in [1.82, 2.24) is 9.55 Å². The van der Waals surface area contributed by atoms with Gasteiger partial charge in [0, 0.05) is 25.6 Å². The third-order valence-electron chi connectivity index (χ3n) is 5.65. The van der Waals surface area contributed by atoms with E-state index in [1.54, 1.807) is 12.1 Å². The van der Waals surface area contributed by atoms with Crippen molar-refractivity contribution < 1.29 is 4.79 Å². The van der Waals surface area contributed by atoms with E-state index in [1.165, 1.54) is 22.2 Å². The molecule has 8 heteroatoms. The molecule has 5 nitrogen and oxygen atoms in total. The summed E-state index contributed by atoms with van der Waals surface area (Å²) in [5.41, 5.74) is 3.18. The van der Waals surface area contributed by atoms with Crippen molar-refractivity contribution >= 4 is 60.7 Å². The number of hydrogen-bond acceptors (Lipinski definition) is 4. The maximum Gasteiger partial charge on any atom is 0.263 e. The fraction of sp³-hybridized carbons (Fsp3) is 0.240. The maximum atomic E-state index is 13.7. The van der Waals surface area contributed by atoms with Gasteiger partial charge in [0.25, 0.3) is 5.56 Å². The van der Waals surface area contributed by atoms with Gasteiger partial charge in [0.1, 0.15) is 10.9 Å². The Morgan fingerprint density at radius 1 is 1.21 bits per heavy atom. The number of aromatic nitrogens is 2. The van der Waals surface area contributed by atoms with Gasteiger partial charge in [0.15, 0.2) is 0 Å². The Morgan fingerprint density at radius 3 is 2.61 bits per heavy atom. The Labute approximate surface area is 209 Å². The van der Waals surface area contributed by atoms with E-state index < -0.39 is 6.04 Å². The predicted octanol–water partition coefficient (Wildman–Crippen LogP) is 7.00. The van der Waals surface area contributed by atoms with Gasteiger partial charge < -0.3 is 5.32 Å². The number of hydrogen-bond donors (Lipinski definition) is 1. The number of nitrogens with one attached hydrogen (secondary N) is 1. The minimum Gasteiger partial charge on any atom is -0.324 e. The summed E-state index contributed by atoms with van der Waals surface area (Å²) in [6, 6.07) is 12.5. The molecule has 170 valence electrons. The lowest BCUT2D eigenvalue weighted by Crippen LogP contribution is -2.33. The van der Waals surface area contributed by atoms with Crippen LogP contribution in [-0.4, -0.2) is 15.5 Å². The fourth-order valence-electron chi connectivity index (χ4n) is 3.90. The Hall–Kier alpha value is -2.48. The van der Waals surface area contributed by atoms with Crippen LogP contribution in [0.1, 0.15) is 36.8 Å². The second-order valence-electron chi connectivity index (χ2n) is 7.77. The number of aryl methyl sites for hydroxylation is 2. The van der Waals surface area contributed by atoms with Crippen LogP contribution >= 0.6 is 38.9 Å². The summed E-state index contributed by atoms with van der Waals surface area (Å²) in [5, 5.41) is 4.03. The molecule has 4 aromatic rings. The number of halogens is 2. The molecular formula is C25H23BrClN3O2S. The van der Waals surface area contributed by atoms with Gasteiger partial charge in [0.05, 0.1) is 11.7 Å². The first kappa shape index (κ1) is 23.7. The van der Waals surface area contributed by atoms with Crippen molar-refractivity contribution in [2.75, 3.05) is 5.32 Å². The summed E-state index contributed by atoms with van der Waals surface area (Å²) < 4.78 is 2.42. The minimum atomic E-state index is -0.699. The number of thiophene rings is 1. The molecule has 0 radical (unpaired) electrons. The first-order chi connectivity index (χ1) is 15.8. The SMILES string of the molecule is CCc1sc2ncn(C(CC)C(=O)Nc3cc(Cl)ccc3C)c(=O)c2c1-c1ccc(Br)cc1. The van der Waals surface area contributed by atoms with Crippen LogP contribution in [0.15, 0.2) is 58.1 Å². The summed E-state index contributed by atoms with van der Waals surface area (Å²) in [7, 11) is 0. The molecule has 0 saturated carbocycles. The van der Waals surface area contributed by atoms with Crippen LogP contribution in [0.5, 0.6) is 0 Å². The summed E-state index contributed by atoms with van der Waals surface area (Å²) in [5.74, 6) is -0.276. The van der Waals surface area contributed by atoms with Crippen molar-refractivity contribution in [3.8, 4) is 11.1 Å². The highest BCUT2D eigenvalue weighted by Gasteiger charge is 2.24. The zero-order valence-corrected chi connectivity index (χ0v) is 21.6. The minimum absolute atomic E-state index is 0.210. The van der Waals surface area contributed by atoms with Gasteiger partial charge in [-0.25, -0.2) is 4.98 Å². The number of fused-ring (bicyclic) bond motifs is 1. The van der Waals surface area contributed by atoms with Crippen LogP contribution in [0, 0.1) is 6.92 Å². The predicted molar refractivity (Wildman–Crippen MR) is 141 cm³/mol. The molecule has 1 unspecified atom stereocenters. The van der Waals surface area contributed by atoms with Gasteiger partial charge in [-0.05, 0) is 55.2 Å². The van der Waals surface area contributed by atoms with E-state index in [0.29, 0.717) is 27.3 Å². The Kier molecular flexibility index (Phi) is 7.02.